The number of likely N-dealkylation sites (tertiary alicyclic amines) is 1. The normalized spacial score (nSPS) is 24.9. The zero-order valence-electron chi connectivity index (χ0n) is 9.19. The Bertz CT molecular complexity index is 333. The summed E-state index contributed by atoms with van der Waals surface area (Å²) in [5.41, 5.74) is 1.14. The highest BCUT2D eigenvalue weighted by molar-refractivity contribution is 5.92. The molecule has 0 aromatic rings. The van der Waals surface area contributed by atoms with Gasteiger partial charge in [0.25, 0.3) is 0 Å². The van der Waals surface area contributed by atoms with Crippen LogP contribution in [0.2, 0.25) is 0 Å². The van der Waals surface area contributed by atoms with Gasteiger partial charge in [-0.1, -0.05) is 0 Å². The van der Waals surface area contributed by atoms with Crippen molar-refractivity contribution in [2.45, 2.75) is 25.3 Å². The maximum Gasteiger partial charge on any atom is 0.319 e. The smallest absolute Gasteiger partial charge is 0.319 e. The quantitative estimate of drug-likeness (QED) is 0.596. The second-order valence-corrected chi connectivity index (χ2v) is 4.36. The molecule has 1 saturated heterocycles. The third-order valence-electron chi connectivity index (χ3n) is 3.08. The summed E-state index contributed by atoms with van der Waals surface area (Å²) in [6, 6.07) is 0.232. The number of carbonyl (C=O) groups excluding carboxylic acids is 2. The molecule has 1 fully saturated rings. The molecule has 0 saturated carbocycles. The molecule has 1 aliphatic carbocycles. The SMILES string of the molecule is CN(C)C(=O)N1CCC2=CC(=O)CCC21. The lowest BCUT2D eigenvalue weighted by atomic mass is 9.94. The molecule has 0 N–H and O–H groups in total. The van der Waals surface area contributed by atoms with Crippen molar-refractivity contribution < 1.29 is 9.59 Å². The first kappa shape index (κ1) is 10.2. The molecule has 0 bridgehead atoms. The Morgan fingerprint density at radius 3 is 2.87 bits per heavy atom. The standard InChI is InChI=1S/C11H16N2O2/c1-12(2)11(15)13-6-5-8-7-9(14)3-4-10(8)13/h7,10H,3-6H2,1-2H3. The average molecular weight is 208 g/mol. The van der Waals surface area contributed by atoms with E-state index in [2.05, 4.69) is 0 Å². The molecule has 4 nitrogen and oxygen atoms in total. The molecule has 1 atom stereocenters. The average Bonchev–Trinajstić information content (AvgIpc) is 2.59. The zero-order chi connectivity index (χ0) is 11.0. The van der Waals surface area contributed by atoms with Crippen molar-refractivity contribution in [2.24, 2.45) is 0 Å². The van der Waals surface area contributed by atoms with Gasteiger partial charge < -0.3 is 9.80 Å². The molecule has 1 unspecified atom stereocenters. The van der Waals surface area contributed by atoms with Crippen LogP contribution in [0.15, 0.2) is 11.6 Å². The molecule has 1 aliphatic heterocycles. The lowest BCUT2D eigenvalue weighted by molar-refractivity contribution is -0.115. The molecule has 0 aromatic carbocycles. The first-order valence-corrected chi connectivity index (χ1v) is 5.31. The Labute approximate surface area is 89.5 Å². The lowest BCUT2D eigenvalue weighted by Gasteiger charge is -2.29. The van der Waals surface area contributed by atoms with Crippen LogP contribution in [0.1, 0.15) is 19.3 Å². The first-order chi connectivity index (χ1) is 7.09. The second-order valence-electron chi connectivity index (χ2n) is 4.36. The van der Waals surface area contributed by atoms with Crippen LogP contribution in [-0.4, -0.2) is 48.3 Å². The minimum absolute atomic E-state index is 0.0535. The summed E-state index contributed by atoms with van der Waals surface area (Å²) < 4.78 is 0. The monoisotopic (exact) mass is 208 g/mol. The van der Waals surface area contributed by atoms with E-state index in [4.69, 9.17) is 0 Å². The highest BCUT2D eigenvalue weighted by Gasteiger charge is 2.35. The van der Waals surface area contributed by atoms with E-state index >= 15 is 0 Å². The molecule has 1 heterocycles. The van der Waals surface area contributed by atoms with Gasteiger partial charge in [-0.2, -0.15) is 0 Å². The van der Waals surface area contributed by atoms with Gasteiger partial charge in [-0.15, -0.1) is 0 Å². The van der Waals surface area contributed by atoms with Gasteiger partial charge in [-0.25, -0.2) is 4.79 Å². The van der Waals surface area contributed by atoms with Crippen LogP contribution < -0.4 is 0 Å². The number of amides is 2. The molecule has 0 radical (unpaired) electrons. The largest absolute Gasteiger partial charge is 0.331 e. The minimum Gasteiger partial charge on any atom is -0.331 e. The molecule has 2 rings (SSSR count). The Hall–Kier alpha value is -1.32. The van der Waals surface area contributed by atoms with Crippen molar-refractivity contribution in [1.29, 1.82) is 0 Å². The van der Waals surface area contributed by atoms with Gasteiger partial charge in [0.1, 0.15) is 0 Å². The summed E-state index contributed by atoms with van der Waals surface area (Å²) in [6.45, 7) is 0.751. The minimum atomic E-state index is 0.0535. The van der Waals surface area contributed by atoms with Gasteiger partial charge in [0.05, 0.1) is 6.04 Å². The maximum absolute atomic E-state index is 11.8. The third kappa shape index (κ3) is 1.76. The predicted molar refractivity (Wildman–Crippen MR) is 56.5 cm³/mol. The van der Waals surface area contributed by atoms with Crippen molar-refractivity contribution in [3.05, 3.63) is 11.6 Å². The van der Waals surface area contributed by atoms with Crippen molar-refractivity contribution in [3.63, 3.8) is 0 Å². The molecule has 2 amide bonds. The van der Waals surface area contributed by atoms with E-state index in [0.29, 0.717) is 6.42 Å². The van der Waals surface area contributed by atoms with Crippen LogP contribution in [-0.2, 0) is 4.79 Å². The molecule has 0 spiro atoms. The number of rotatable bonds is 0. The van der Waals surface area contributed by atoms with Gasteiger partial charge in [0.2, 0.25) is 0 Å². The van der Waals surface area contributed by atoms with Crippen LogP contribution in [0.4, 0.5) is 4.79 Å². The van der Waals surface area contributed by atoms with Gasteiger partial charge in [0, 0.05) is 27.1 Å². The summed E-state index contributed by atoms with van der Waals surface area (Å²) >= 11 is 0. The van der Waals surface area contributed by atoms with Crippen LogP contribution in [0.3, 0.4) is 0 Å². The fourth-order valence-corrected chi connectivity index (χ4v) is 2.33. The second kappa shape index (κ2) is 3.68. The van der Waals surface area contributed by atoms with E-state index < -0.39 is 0 Å². The van der Waals surface area contributed by atoms with Crippen molar-refractivity contribution in [2.75, 3.05) is 20.6 Å². The molecular weight excluding hydrogens is 192 g/mol. The number of hydrogen-bond acceptors (Lipinski definition) is 2. The number of urea groups is 1. The maximum atomic E-state index is 11.8. The van der Waals surface area contributed by atoms with E-state index in [9.17, 15) is 9.59 Å². The number of allylic oxidation sites excluding steroid dienone is 1. The van der Waals surface area contributed by atoms with Crippen LogP contribution >= 0.6 is 0 Å². The number of fused-ring (bicyclic) bond motifs is 1. The van der Waals surface area contributed by atoms with Crippen molar-refractivity contribution in [3.8, 4) is 0 Å². The highest BCUT2D eigenvalue weighted by atomic mass is 16.2. The van der Waals surface area contributed by atoms with Crippen molar-refractivity contribution >= 4 is 11.8 Å². The molecule has 4 heteroatoms. The summed E-state index contributed by atoms with van der Waals surface area (Å²) in [4.78, 5) is 26.5. The lowest BCUT2D eigenvalue weighted by Crippen LogP contribution is -2.43. The summed E-state index contributed by atoms with van der Waals surface area (Å²) in [5, 5.41) is 0. The van der Waals surface area contributed by atoms with Crippen LogP contribution in [0.5, 0.6) is 0 Å². The fourth-order valence-electron chi connectivity index (χ4n) is 2.33. The summed E-state index contributed by atoms with van der Waals surface area (Å²) in [6.07, 6.45) is 3.96. The number of carbonyl (C=O) groups is 2. The van der Waals surface area contributed by atoms with Gasteiger partial charge in [0.15, 0.2) is 5.78 Å². The van der Waals surface area contributed by atoms with Crippen LogP contribution in [0.25, 0.3) is 0 Å². The van der Waals surface area contributed by atoms with E-state index in [1.165, 1.54) is 0 Å². The summed E-state index contributed by atoms with van der Waals surface area (Å²) in [5.74, 6) is 0.209. The highest BCUT2D eigenvalue weighted by Crippen LogP contribution is 2.31. The Balaban J connectivity index is 2.16. The summed E-state index contributed by atoms with van der Waals surface area (Å²) in [7, 11) is 3.52. The fraction of sp³-hybridized carbons (Fsp3) is 0.636. The number of hydrogen-bond donors (Lipinski definition) is 0. The predicted octanol–water partition coefficient (Wildman–Crippen LogP) is 1.03. The van der Waals surface area contributed by atoms with Crippen molar-refractivity contribution in [1.82, 2.24) is 9.80 Å². The van der Waals surface area contributed by atoms with Gasteiger partial charge in [-0.3, -0.25) is 4.79 Å². The zero-order valence-corrected chi connectivity index (χ0v) is 9.19. The van der Waals surface area contributed by atoms with Crippen LogP contribution in [0, 0.1) is 0 Å². The first-order valence-electron chi connectivity index (χ1n) is 5.31. The number of nitrogens with zero attached hydrogens (tertiary/aromatic N) is 2. The third-order valence-corrected chi connectivity index (χ3v) is 3.08. The molecule has 82 valence electrons. The van der Waals surface area contributed by atoms with E-state index in [1.807, 2.05) is 4.90 Å². The Morgan fingerprint density at radius 2 is 2.20 bits per heavy atom. The van der Waals surface area contributed by atoms with E-state index in [1.54, 1.807) is 25.1 Å². The van der Waals surface area contributed by atoms with E-state index in [0.717, 1.165) is 25.0 Å². The Morgan fingerprint density at radius 1 is 1.47 bits per heavy atom. The number of ketones is 1. The topological polar surface area (TPSA) is 40.6 Å². The molecular formula is C11H16N2O2. The molecule has 15 heavy (non-hydrogen) atoms. The molecule has 0 aromatic heterocycles. The van der Waals surface area contributed by atoms with E-state index in [-0.39, 0.29) is 17.9 Å². The molecule has 2 aliphatic rings. The van der Waals surface area contributed by atoms with Gasteiger partial charge >= 0.3 is 6.03 Å². The van der Waals surface area contributed by atoms with Gasteiger partial charge in [-0.05, 0) is 24.5 Å². The Kier molecular flexibility index (Phi) is 2.50.